The Morgan fingerprint density at radius 2 is 1.80 bits per heavy atom. The molecule has 2 aliphatic heterocycles. The van der Waals surface area contributed by atoms with Gasteiger partial charge in [0.1, 0.15) is 0 Å². The Morgan fingerprint density at radius 1 is 0.900 bits per heavy atom. The van der Waals surface area contributed by atoms with Gasteiger partial charge in [-0.05, 0) is 37.8 Å². The Bertz CT molecular complexity index is 389. The summed E-state index contributed by atoms with van der Waals surface area (Å²) < 4.78 is 5.85. The van der Waals surface area contributed by atoms with E-state index in [4.69, 9.17) is 4.74 Å². The first-order valence-corrected chi connectivity index (χ1v) is 7.92. The molecule has 0 amide bonds. The van der Waals surface area contributed by atoms with Crippen molar-refractivity contribution < 1.29 is 4.74 Å². The molecule has 0 bridgehead atoms. The van der Waals surface area contributed by atoms with Gasteiger partial charge in [0.25, 0.3) is 0 Å². The monoisotopic (exact) mass is 273 g/mol. The molecule has 1 aromatic carbocycles. The van der Waals surface area contributed by atoms with Gasteiger partial charge in [0, 0.05) is 32.8 Å². The molecule has 0 spiro atoms. The molecule has 0 unspecified atom stereocenters. The van der Waals surface area contributed by atoms with Crippen molar-refractivity contribution in [3.05, 3.63) is 42.1 Å². The highest BCUT2D eigenvalue weighted by atomic mass is 16.5. The van der Waals surface area contributed by atoms with E-state index in [0.29, 0.717) is 0 Å². The lowest BCUT2D eigenvalue weighted by Gasteiger charge is -2.31. The van der Waals surface area contributed by atoms with Crippen LogP contribution < -0.4 is 0 Å². The van der Waals surface area contributed by atoms with Crippen molar-refractivity contribution in [1.82, 2.24) is 9.80 Å². The average molecular weight is 273 g/mol. The van der Waals surface area contributed by atoms with Gasteiger partial charge >= 0.3 is 0 Å². The van der Waals surface area contributed by atoms with Crippen molar-refractivity contribution in [3.8, 4) is 0 Å². The molecule has 2 saturated heterocycles. The minimum absolute atomic E-state index is 0.916. The molecule has 0 aliphatic carbocycles. The van der Waals surface area contributed by atoms with Gasteiger partial charge < -0.3 is 4.74 Å². The van der Waals surface area contributed by atoms with Gasteiger partial charge in [-0.15, -0.1) is 0 Å². The fraction of sp³-hybridized carbons (Fsp3) is 0.588. The Labute approximate surface area is 122 Å². The molecule has 3 rings (SSSR count). The second kappa shape index (κ2) is 7.21. The Morgan fingerprint density at radius 3 is 2.60 bits per heavy atom. The molecule has 0 aromatic heterocycles. The molecule has 1 aromatic rings. The number of hydrogen-bond acceptors (Lipinski definition) is 3. The van der Waals surface area contributed by atoms with Crippen LogP contribution in [0.25, 0.3) is 0 Å². The summed E-state index contributed by atoms with van der Waals surface area (Å²) in [5.74, 6) is 0. The van der Waals surface area contributed by atoms with Crippen molar-refractivity contribution >= 4 is 0 Å². The van der Waals surface area contributed by atoms with E-state index in [2.05, 4.69) is 40.1 Å². The van der Waals surface area contributed by atoms with Gasteiger partial charge in [-0.1, -0.05) is 30.3 Å². The van der Waals surface area contributed by atoms with E-state index in [9.17, 15) is 0 Å². The first-order chi connectivity index (χ1) is 9.92. The highest BCUT2D eigenvalue weighted by molar-refractivity contribution is 5.14. The maximum atomic E-state index is 5.85. The van der Waals surface area contributed by atoms with E-state index < -0.39 is 0 Å². The van der Waals surface area contributed by atoms with Crippen LogP contribution in [0, 0.1) is 6.23 Å². The standard InChI is InChI=1S/C17H25N2O/c1-2-7-16(8-3-1)15-18-10-6-11-19(13-12-18)17-9-4-5-14-20-17/h1-3,7-8H,4-6,9-15H2. The summed E-state index contributed by atoms with van der Waals surface area (Å²) >= 11 is 0. The SMILES string of the molecule is c1ccc(CN2CCCN([C]3CCCCO3)CC2)cc1. The van der Waals surface area contributed by atoms with Crippen molar-refractivity contribution in [2.75, 3.05) is 32.8 Å². The number of ether oxygens (including phenoxy) is 1. The van der Waals surface area contributed by atoms with E-state index >= 15 is 0 Å². The normalized spacial score (nSPS) is 23.6. The summed E-state index contributed by atoms with van der Waals surface area (Å²) in [4.78, 5) is 5.04. The minimum Gasteiger partial charge on any atom is -0.356 e. The van der Waals surface area contributed by atoms with Crippen molar-refractivity contribution in [1.29, 1.82) is 0 Å². The summed E-state index contributed by atoms with van der Waals surface area (Å²) in [5.41, 5.74) is 1.42. The zero-order chi connectivity index (χ0) is 13.6. The van der Waals surface area contributed by atoms with Gasteiger partial charge in [-0.3, -0.25) is 9.80 Å². The smallest absolute Gasteiger partial charge is 0.164 e. The van der Waals surface area contributed by atoms with Crippen LogP contribution in [0.1, 0.15) is 31.2 Å². The number of benzene rings is 1. The lowest BCUT2D eigenvalue weighted by atomic mass is 10.1. The summed E-state index contributed by atoms with van der Waals surface area (Å²) in [6.45, 7) is 6.59. The molecule has 2 heterocycles. The first-order valence-electron chi connectivity index (χ1n) is 7.92. The molecule has 109 valence electrons. The third kappa shape index (κ3) is 3.81. The van der Waals surface area contributed by atoms with Crippen LogP contribution in [0.4, 0.5) is 0 Å². The van der Waals surface area contributed by atoms with Crippen molar-refractivity contribution in [2.45, 2.75) is 32.2 Å². The van der Waals surface area contributed by atoms with E-state index in [-0.39, 0.29) is 0 Å². The highest BCUT2D eigenvalue weighted by Gasteiger charge is 2.25. The van der Waals surface area contributed by atoms with Crippen LogP contribution in [0.2, 0.25) is 0 Å². The van der Waals surface area contributed by atoms with Crippen molar-refractivity contribution in [3.63, 3.8) is 0 Å². The zero-order valence-corrected chi connectivity index (χ0v) is 12.3. The molecule has 2 aliphatic rings. The van der Waals surface area contributed by atoms with Crippen LogP contribution in [0.5, 0.6) is 0 Å². The third-order valence-corrected chi connectivity index (χ3v) is 4.24. The van der Waals surface area contributed by atoms with Crippen LogP contribution in [-0.2, 0) is 11.3 Å². The molecule has 20 heavy (non-hydrogen) atoms. The maximum Gasteiger partial charge on any atom is 0.164 e. The second-order valence-electron chi connectivity index (χ2n) is 5.80. The molecular formula is C17H25N2O. The zero-order valence-electron chi connectivity index (χ0n) is 12.3. The summed E-state index contributed by atoms with van der Waals surface area (Å²) in [6.07, 6.45) is 6.13. The third-order valence-electron chi connectivity index (χ3n) is 4.24. The predicted molar refractivity (Wildman–Crippen MR) is 81.0 cm³/mol. The van der Waals surface area contributed by atoms with Crippen LogP contribution in [-0.4, -0.2) is 42.6 Å². The van der Waals surface area contributed by atoms with Crippen LogP contribution in [0.3, 0.4) is 0 Å². The van der Waals surface area contributed by atoms with Crippen LogP contribution >= 0.6 is 0 Å². The van der Waals surface area contributed by atoms with E-state index in [1.54, 1.807) is 0 Å². The van der Waals surface area contributed by atoms with Gasteiger partial charge in [-0.25, -0.2) is 0 Å². The molecular weight excluding hydrogens is 248 g/mol. The van der Waals surface area contributed by atoms with Crippen LogP contribution in [0.15, 0.2) is 30.3 Å². The largest absolute Gasteiger partial charge is 0.356 e. The van der Waals surface area contributed by atoms with E-state index in [1.807, 2.05) is 0 Å². The molecule has 0 N–H and O–H groups in total. The first kappa shape index (κ1) is 14.1. The molecule has 3 nitrogen and oxygen atoms in total. The van der Waals surface area contributed by atoms with Gasteiger partial charge in [-0.2, -0.15) is 0 Å². The summed E-state index contributed by atoms with van der Waals surface area (Å²) in [6, 6.07) is 10.8. The van der Waals surface area contributed by atoms with Crippen molar-refractivity contribution in [2.24, 2.45) is 0 Å². The van der Waals surface area contributed by atoms with Gasteiger partial charge in [0.05, 0.1) is 0 Å². The fourth-order valence-electron chi connectivity index (χ4n) is 3.11. The number of hydrogen-bond donors (Lipinski definition) is 0. The second-order valence-corrected chi connectivity index (χ2v) is 5.80. The highest BCUT2D eigenvalue weighted by Crippen LogP contribution is 2.24. The Kier molecular flexibility index (Phi) is 5.06. The van der Waals surface area contributed by atoms with Gasteiger partial charge in [0.15, 0.2) is 6.23 Å². The Balaban J connectivity index is 1.51. The average Bonchev–Trinajstić information content (AvgIpc) is 2.75. The molecule has 0 saturated carbocycles. The van der Waals surface area contributed by atoms with Gasteiger partial charge in [0.2, 0.25) is 0 Å². The van der Waals surface area contributed by atoms with E-state index in [1.165, 1.54) is 37.6 Å². The number of rotatable bonds is 3. The molecule has 1 radical (unpaired) electrons. The molecule has 2 fully saturated rings. The molecule has 3 heteroatoms. The minimum atomic E-state index is 0.916. The lowest BCUT2D eigenvalue weighted by Crippen LogP contribution is -2.36. The Hall–Kier alpha value is -0.900. The topological polar surface area (TPSA) is 15.7 Å². The summed E-state index contributed by atoms with van der Waals surface area (Å²) in [5, 5.41) is 0. The lowest BCUT2D eigenvalue weighted by molar-refractivity contribution is 0.00544. The quantitative estimate of drug-likeness (QED) is 0.842. The molecule has 0 atom stereocenters. The number of nitrogens with zero attached hydrogens (tertiary/aromatic N) is 2. The summed E-state index contributed by atoms with van der Waals surface area (Å²) in [7, 11) is 0. The predicted octanol–water partition coefficient (Wildman–Crippen LogP) is 2.88. The maximum absolute atomic E-state index is 5.85. The fourth-order valence-corrected chi connectivity index (χ4v) is 3.11. The van der Waals surface area contributed by atoms with E-state index in [0.717, 1.165) is 39.2 Å².